The topological polar surface area (TPSA) is 51.6 Å². The maximum atomic E-state index is 4.01. The third-order valence-electron chi connectivity index (χ3n) is 5.05. The second-order valence-electron chi connectivity index (χ2n) is 6.96. The van der Waals surface area contributed by atoms with Crippen molar-refractivity contribution in [3.8, 4) is 0 Å². The summed E-state index contributed by atoms with van der Waals surface area (Å²) in [4.78, 5) is 15.8. The van der Waals surface area contributed by atoms with E-state index in [2.05, 4.69) is 61.5 Å². The van der Waals surface area contributed by atoms with Gasteiger partial charge in [-0.25, -0.2) is 15.0 Å². The van der Waals surface area contributed by atoms with Crippen LogP contribution in [0, 0.1) is 55.4 Å². The zero-order valence-corrected chi connectivity index (χ0v) is 28.9. The van der Waals surface area contributed by atoms with Gasteiger partial charge in [-0.05, 0) is 107 Å². The van der Waals surface area contributed by atoms with Crippen molar-refractivity contribution in [2.45, 2.75) is 145 Å². The Morgan fingerprint density at radius 1 is 0.436 bits per heavy atom. The van der Waals surface area contributed by atoms with E-state index in [1.54, 1.807) is 18.0 Å². The Labute approximate surface area is 246 Å². The molecule has 0 N–H and O–H groups in total. The Morgan fingerprint density at radius 3 is 0.872 bits per heavy atom. The molecule has 0 aliphatic heterocycles. The van der Waals surface area contributed by atoms with Crippen LogP contribution in [0.25, 0.3) is 0 Å². The summed E-state index contributed by atoms with van der Waals surface area (Å²) in [6, 6.07) is 5.72. The number of aryl methyl sites for hydroxylation is 3. The summed E-state index contributed by atoms with van der Waals surface area (Å²) >= 11 is 0. The first-order chi connectivity index (χ1) is 18.2. The van der Waals surface area contributed by atoms with Crippen LogP contribution in [-0.2, 0) is 6.42 Å². The Hall–Kier alpha value is -2.62. The molecular formula is C35H68N4. The smallest absolute Gasteiger partial charge is 0.129 e. The Kier molecular flexibility index (Phi) is 44.8. The molecule has 0 radical (unpaired) electrons. The quantitative estimate of drug-likeness (QED) is 0.305. The van der Waals surface area contributed by atoms with Gasteiger partial charge in [-0.3, -0.25) is 4.98 Å². The van der Waals surface area contributed by atoms with Gasteiger partial charge in [0.1, 0.15) is 17.5 Å². The van der Waals surface area contributed by atoms with E-state index in [1.165, 1.54) is 27.8 Å². The first kappa shape index (κ1) is 49.3. The predicted octanol–water partition coefficient (Wildman–Crippen LogP) is 11.4. The van der Waals surface area contributed by atoms with Crippen molar-refractivity contribution < 1.29 is 0 Å². The highest BCUT2D eigenvalue weighted by Gasteiger charge is 2.09. The van der Waals surface area contributed by atoms with Gasteiger partial charge >= 0.3 is 0 Å². The van der Waals surface area contributed by atoms with Crippen molar-refractivity contribution in [1.29, 1.82) is 0 Å². The van der Waals surface area contributed by atoms with Crippen LogP contribution in [-0.4, -0.2) is 19.9 Å². The van der Waals surface area contributed by atoms with Crippen molar-refractivity contribution >= 4 is 0 Å². The molecule has 0 saturated heterocycles. The highest BCUT2D eigenvalue weighted by molar-refractivity contribution is 5.49. The van der Waals surface area contributed by atoms with Crippen molar-refractivity contribution in [2.75, 3.05) is 0 Å². The first-order valence-electron chi connectivity index (χ1n) is 14.8. The largest absolute Gasteiger partial charge is 0.265 e. The van der Waals surface area contributed by atoms with E-state index in [0.29, 0.717) is 0 Å². The van der Waals surface area contributed by atoms with Crippen LogP contribution in [0.2, 0.25) is 0 Å². The zero-order valence-electron chi connectivity index (χ0n) is 28.9. The normalized spacial score (nSPS) is 7.77. The van der Waals surface area contributed by atoms with Gasteiger partial charge in [0.05, 0.1) is 0 Å². The molecule has 0 fully saturated rings. The van der Waals surface area contributed by atoms with Crippen LogP contribution in [0.15, 0.2) is 30.6 Å². The number of hydrogen-bond acceptors (Lipinski definition) is 4. The third kappa shape index (κ3) is 23.0. The summed E-state index contributed by atoms with van der Waals surface area (Å²) in [7, 11) is 0. The van der Waals surface area contributed by atoms with E-state index in [-0.39, 0.29) is 7.43 Å². The van der Waals surface area contributed by atoms with Crippen LogP contribution in [0.3, 0.4) is 0 Å². The molecule has 2 aromatic heterocycles. The van der Waals surface area contributed by atoms with Crippen LogP contribution in [0.1, 0.15) is 134 Å². The first-order valence-corrected chi connectivity index (χ1v) is 14.8. The number of pyridine rings is 1. The summed E-state index contributed by atoms with van der Waals surface area (Å²) in [5, 5.41) is 0. The van der Waals surface area contributed by atoms with Crippen LogP contribution < -0.4 is 0 Å². The standard InChI is InChI=1S/C13H20.C6H9N3.C5H5N.5C2H6.CH4/c1-7-13-11(5)9(3)8(2)10(4)12(13)6;1-4-7-5(2)9-6(3)8-4;1-2-4-6-5-3-1;5*1-2;/h7H2,1-6H3;1-3H3;1-5H;5*1-2H3;1H4. The second kappa shape index (κ2) is 35.4. The highest BCUT2D eigenvalue weighted by atomic mass is 15.0. The van der Waals surface area contributed by atoms with Crippen molar-refractivity contribution in [3.63, 3.8) is 0 Å². The Morgan fingerprint density at radius 2 is 0.692 bits per heavy atom. The molecule has 3 rings (SSSR count). The molecule has 0 saturated carbocycles. The zero-order chi connectivity index (χ0) is 31.3. The number of aromatic nitrogens is 4. The second-order valence-corrected chi connectivity index (χ2v) is 6.96. The SMILES string of the molecule is C.CC.CC.CC.CC.CC.CCc1c(C)c(C)c(C)c(C)c1C.Cc1nc(C)nc(C)n1.c1ccncc1. The molecule has 0 atom stereocenters. The predicted molar refractivity (Wildman–Crippen MR) is 181 cm³/mol. The number of benzene rings is 1. The summed E-state index contributed by atoms with van der Waals surface area (Å²) in [5.41, 5.74) is 8.93. The molecule has 228 valence electrons. The lowest BCUT2D eigenvalue weighted by molar-refractivity contribution is 0.875. The van der Waals surface area contributed by atoms with Crippen LogP contribution >= 0.6 is 0 Å². The lowest BCUT2D eigenvalue weighted by Gasteiger charge is -2.17. The van der Waals surface area contributed by atoms with Gasteiger partial charge < -0.3 is 0 Å². The molecule has 0 aliphatic carbocycles. The molecule has 0 bridgehead atoms. The van der Waals surface area contributed by atoms with E-state index >= 15 is 0 Å². The van der Waals surface area contributed by atoms with Gasteiger partial charge in [-0.1, -0.05) is 89.7 Å². The van der Waals surface area contributed by atoms with Crippen molar-refractivity contribution in [2.24, 2.45) is 0 Å². The van der Waals surface area contributed by atoms with Gasteiger partial charge in [-0.2, -0.15) is 0 Å². The fraction of sp³-hybridized carbons (Fsp3) is 0.600. The lowest BCUT2D eigenvalue weighted by atomic mass is 9.89. The molecule has 1 aromatic carbocycles. The molecule has 4 heteroatoms. The van der Waals surface area contributed by atoms with Crippen LogP contribution in [0.5, 0.6) is 0 Å². The van der Waals surface area contributed by atoms with Gasteiger partial charge in [0, 0.05) is 12.4 Å². The molecule has 0 aliphatic rings. The summed E-state index contributed by atoms with van der Waals surface area (Å²) in [6.07, 6.45) is 4.65. The van der Waals surface area contributed by atoms with Gasteiger partial charge in [-0.15, -0.1) is 0 Å². The van der Waals surface area contributed by atoms with Gasteiger partial charge in [0.25, 0.3) is 0 Å². The van der Waals surface area contributed by atoms with E-state index < -0.39 is 0 Å². The number of rotatable bonds is 1. The Bertz CT molecular complexity index is 783. The Balaban J connectivity index is -0.0000000921. The molecule has 2 heterocycles. The minimum atomic E-state index is 0. The fourth-order valence-electron chi connectivity index (χ4n) is 3.20. The van der Waals surface area contributed by atoms with Gasteiger partial charge in [0.15, 0.2) is 0 Å². The van der Waals surface area contributed by atoms with Crippen LogP contribution in [0.4, 0.5) is 0 Å². The molecular weight excluding hydrogens is 476 g/mol. The molecule has 0 amide bonds. The fourth-order valence-corrected chi connectivity index (χ4v) is 3.20. The summed E-state index contributed by atoms with van der Waals surface area (Å²) in [5.74, 6) is 2.38. The van der Waals surface area contributed by atoms with E-state index in [4.69, 9.17) is 0 Å². The molecule has 3 aromatic rings. The van der Waals surface area contributed by atoms with Crippen molar-refractivity contribution in [3.05, 3.63) is 81.4 Å². The summed E-state index contributed by atoms with van der Waals surface area (Å²) < 4.78 is 0. The third-order valence-corrected chi connectivity index (χ3v) is 5.05. The molecule has 39 heavy (non-hydrogen) atoms. The van der Waals surface area contributed by atoms with E-state index in [0.717, 1.165) is 23.9 Å². The lowest BCUT2D eigenvalue weighted by Crippen LogP contribution is -2.01. The highest BCUT2D eigenvalue weighted by Crippen LogP contribution is 2.25. The van der Waals surface area contributed by atoms with E-state index in [9.17, 15) is 0 Å². The monoisotopic (exact) mass is 545 g/mol. The minimum absolute atomic E-state index is 0. The molecule has 0 unspecified atom stereocenters. The van der Waals surface area contributed by atoms with Gasteiger partial charge in [0.2, 0.25) is 0 Å². The maximum absolute atomic E-state index is 4.01. The average molecular weight is 545 g/mol. The average Bonchev–Trinajstić information content (AvgIpc) is 2.97. The molecule has 4 nitrogen and oxygen atoms in total. The number of hydrogen-bond donors (Lipinski definition) is 0. The minimum Gasteiger partial charge on any atom is -0.265 e. The maximum Gasteiger partial charge on any atom is 0.129 e. The number of nitrogens with zero attached hydrogens (tertiary/aromatic N) is 4. The van der Waals surface area contributed by atoms with Crippen molar-refractivity contribution in [1.82, 2.24) is 19.9 Å². The molecule has 0 spiro atoms. The van der Waals surface area contributed by atoms with E-state index in [1.807, 2.05) is 108 Å². The summed E-state index contributed by atoms with van der Waals surface area (Å²) in [6.45, 7) is 39.0.